The van der Waals surface area contributed by atoms with Gasteiger partial charge in [-0.1, -0.05) is 0 Å². The van der Waals surface area contributed by atoms with Gasteiger partial charge in [-0.2, -0.15) is 0 Å². The Hall–Kier alpha value is -1.91. The number of pyridine rings is 1. The first-order valence-electron chi connectivity index (χ1n) is 7.15. The second kappa shape index (κ2) is 5.23. The van der Waals surface area contributed by atoms with Crippen molar-refractivity contribution in [2.24, 2.45) is 5.92 Å². The maximum absolute atomic E-state index is 11.4. The van der Waals surface area contributed by atoms with Crippen LogP contribution in [0, 0.1) is 5.92 Å². The SMILES string of the molecule is CC(=O)c1ccc(N2CCC3NC(=O)CCC3C2)nc1. The number of amides is 1. The van der Waals surface area contributed by atoms with E-state index >= 15 is 0 Å². The van der Waals surface area contributed by atoms with Crippen molar-refractivity contribution in [2.45, 2.75) is 32.2 Å². The summed E-state index contributed by atoms with van der Waals surface area (Å²) in [5.41, 5.74) is 0.647. The van der Waals surface area contributed by atoms with Crippen molar-refractivity contribution >= 4 is 17.5 Å². The van der Waals surface area contributed by atoms with Crippen LogP contribution in [0.15, 0.2) is 18.3 Å². The Kier molecular flexibility index (Phi) is 3.42. The predicted molar refractivity (Wildman–Crippen MR) is 75.7 cm³/mol. The molecule has 1 aromatic heterocycles. The molecule has 0 aromatic carbocycles. The van der Waals surface area contributed by atoms with Gasteiger partial charge in [-0.25, -0.2) is 4.98 Å². The fourth-order valence-corrected chi connectivity index (χ4v) is 3.10. The van der Waals surface area contributed by atoms with Crippen LogP contribution in [0.25, 0.3) is 0 Å². The molecule has 1 aromatic rings. The van der Waals surface area contributed by atoms with Crippen molar-refractivity contribution in [3.8, 4) is 0 Å². The fraction of sp³-hybridized carbons (Fsp3) is 0.533. The molecule has 0 radical (unpaired) electrons. The topological polar surface area (TPSA) is 62.3 Å². The van der Waals surface area contributed by atoms with Crippen molar-refractivity contribution in [1.82, 2.24) is 10.3 Å². The molecular formula is C15H19N3O2. The standard InChI is InChI=1S/C15H19N3O2/c1-10(19)11-2-4-14(16-8-11)18-7-6-13-12(9-18)3-5-15(20)17-13/h2,4,8,12-13H,3,5-7,9H2,1H3,(H,17,20). The van der Waals surface area contributed by atoms with E-state index in [-0.39, 0.29) is 11.7 Å². The molecule has 0 aliphatic carbocycles. The second-order valence-electron chi connectivity index (χ2n) is 5.67. The minimum Gasteiger partial charge on any atom is -0.356 e. The molecule has 3 heterocycles. The van der Waals surface area contributed by atoms with Gasteiger partial charge in [-0.3, -0.25) is 9.59 Å². The number of ketones is 1. The summed E-state index contributed by atoms with van der Waals surface area (Å²) in [5, 5.41) is 3.08. The summed E-state index contributed by atoms with van der Waals surface area (Å²) < 4.78 is 0. The molecule has 2 atom stereocenters. The van der Waals surface area contributed by atoms with Gasteiger partial charge in [-0.15, -0.1) is 0 Å². The molecule has 5 heteroatoms. The molecule has 2 fully saturated rings. The summed E-state index contributed by atoms with van der Waals surface area (Å²) >= 11 is 0. The van der Waals surface area contributed by atoms with Gasteiger partial charge in [0, 0.05) is 37.3 Å². The Morgan fingerprint density at radius 2 is 2.25 bits per heavy atom. The van der Waals surface area contributed by atoms with Gasteiger partial charge in [0.1, 0.15) is 5.82 Å². The molecule has 2 unspecified atom stereocenters. The lowest BCUT2D eigenvalue weighted by Gasteiger charge is -2.41. The summed E-state index contributed by atoms with van der Waals surface area (Å²) in [7, 11) is 0. The van der Waals surface area contributed by atoms with Crippen molar-refractivity contribution in [3.05, 3.63) is 23.9 Å². The van der Waals surface area contributed by atoms with Crippen molar-refractivity contribution < 1.29 is 9.59 Å². The van der Waals surface area contributed by atoms with Gasteiger partial charge in [0.05, 0.1) is 0 Å². The number of Topliss-reactive ketones (excluding diaryl/α,β-unsaturated/α-hetero) is 1. The lowest BCUT2D eigenvalue weighted by atomic mass is 9.85. The van der Waals surface area contributed by atoms with E-state index < -0.39 is 0 Å². The molecule has 3 rings (SSSR count). The quantitative estimate of drug-likeness (QED) is 0.827. The third-order valence-corrected chi connectivity index (χ3v) is 4.30. The largest absolute Gasteiger partial charge is 0.356 e. The van der Waals surface area contributed by atoms with E-state index in [9.17, 15) is 9.59 Å². The van der Waals surface area contributed by atoms with Crippen molar-refractivity contribution in [3.63, 3.8) is 0 Å². The van der Waals surface area contributed by atoms with Gasteiger partial charge in [0.15, 0.2) is 5.78 Å². The zero-order valence-corrected chi connectivity index (χ0v) is 11.6. The first-order chi connectivity index (χ1) is 9.63. The highest BCUT2D eigenvalue weighted by molar-refractivity contribution is 5.93. The summed E-state index contributed by atoms with van der Waals surface area (Å²) in [5.74, 6) is 1.66. The highest BCUT2D eigenvalue weighted by Gasteiger charge is 2.34. The Morgan fingerprint density at radius 1 is 1.40 bits per heavy atom. The van der Waals surface area contributed by atoms with Crippen LogP contribution >= 0.6 is 0 Å². The molecule has 1 amide bonds. The van der Waals surface area contributed by atoms with Gasteiger partial charge in [0.2, 0.25) is 5.91 Å². The minimum atomic E-state index is 0.0396. The van der Waals surface area contributed by atoms with Crippen molar-refractivity contribution in [2.75, 3.05) is 18.0 Å². The predicted octanol–water partition coefficient (Wildman–Crippen LogP) is 1.39. The average molecular weight is 273 g/mol. The smallest absolute Gasteiger partial charge is 0.220 e. The van der Waals surface area contributed by atoms with Crippen molar-refractivity contribution in [1.29, 1.82) is 0 Å². The van der Waals surface area contributed by atoms with Crippen LogP contribution < -0.4 is 10.2 Å². The summed E-state index contributed by atoms with van der Waals surface area (Å²) in [6, 6.07) is 4.07. The summed E-state index contributed by atoms with van der Waals surface area (Å²) in [6.45, 7) is 3.37. The number of hydrogen-bond donors (Lipinski definition) is 1. The van der Waals surface area contributed by atoms with E-state index in [4.69, 9.17) is 0 Å². The number of fused-ring (bicyclic) bond motifs is 1. The Labute approximate surface area is 118 Å². The number of rotatable bonds is 2. The summed E-state index contributed by atoms with van der Waals surface area (Å²) in [6.07, 6.45) is 4.20. The molecule has 0 saturated carbocycles. The minimum absolute atomic E-state index is 0.0396. The maximum atomic E-state index is 11.4. The molecule has 2 saturated heterocycles. The van der Waals surface area contributed by atoms with E-state index in [1.54, 1.807) is 13.1 Å². The number of nitrogens with one attached hydrogen (secondary N) is 1. The lowest BCUT2D eigenvalue weighted by Crippen LogP contribution is -2.54. The molecule has 20 heavy (non-hydrogen) atoms. The molecular weight excluding hydrogens is 254 g/mol. The first kappa shape index (κ1) is 13.1. The first-order valence-corrected chi connectivity index (χ1v) is 7.15. The van der Waals surface area contributed by atoms with E-state index in [2.05, 4.69) is 15.2 Å². The molecule has 5 nitrogen and oxygen atoms in total. The molecule has 0 bridgehead atoms. The molecule has 2 aliphatic heterocycles. The number of nitrogens with zero attached hydrogens (tertiary/aromatic N) is 2. The van der Waals surface area contributed by atoms with Gasteiger partial charge in [-0.05, 0) is 37.8 Å². The average Bonchev–Trinajstić information content (AvgIpc) is 2.47. The monoisotopic (exact) mass is 273 g/mol. The van der Waals surface area contributed by atoms with E-state index in [1.165, 1.54) is 0 Å². The summed E-state index contributed by atoms with van der Waals surface area (Å²) in [4.78, 5) is 29.3. The normalized spacial score (nSPS) is 25.9. The third-order valence-electron chi connectivity index (χ3n) is 4.30. The van der Waals surface area contributed by atoms with Gasteiger partial charge in [0.25, 0.3) is 0 Å². The third kappa shape index (κ3) is 2.53. The van der Waals surface area contributed by atoms with Crippen LogP contribution in [0.1, 0.15) is 36.5 Å². The van der Waals surface area contributed by atoms with E-state index in [0.717, 1.165) is 31.7 Å². The highest BCUT2D eigenvalue weighted by atomic mass is 16.1. The van der Waals surface area contributed by atoms with Gasteiger partial charge < -0.3 is 10.2 Å². The zero-order valence-electron chi connectivity index (χ0n) is 11.6. The number of carbonyl (C=O) groups is 2. The van der Waals surface area contributed by atoms with Crippen LogP contribution in [-0.2, 0) is 4.79 Å². The maximum Gasteiger partial charge on any atom is 0.220 e. The number of carbonyl (C=O) groups excluding carboxylic acids is 2. The molecule has 1 N–H and O–H groups in total. The lowest BCUT2D eigenvalue weighted by molar-refractivity contribution is -0.124. The van der Waals surface area contributed by atoms with Crippen LogP contribution in [-0.4, -0.2) is 35.8 Å². The fourth-order valence-electron chi connectivity index (χ4n) is 3.10. The van der Waals surface area contributed by atoms with Crippen LogP contribution in [0.3, 0.4) is 0 Å². The molecule has 0 spiro atoms. The van der Waals surface area contributed by atoms with E-state index in [1.807, 2.05) is 12.1 Å². The number of anilines is 1. The second-order valence-corrected chi connectivity index (χ2v) is 5.67. The van der Waals surface area contributed by atoms with Crippen LogP contribution in [0.4, 0.5) is 5.82 Å². The Bertz CT molecular complexity index is 526. The number of hydrogen-bond acceptors (Lipinski definition) is 4. The van der Waals surface area contributed by atoms with Crippen LogP contribution in [0.2, 0.25) is 0 Å². The van der Waals surface area contributed by atoms with E-state index in [0.29, 0.717) is 23.9 Å². The highest BCUT2D eigenvalue weighted by Crippen LogP contribution is 2.27. The van der Waals surface area contributed by atoms with Crippen LogP contribution in [0.5, 0.6) is 0 Å². The number of aromatic nitrogens is 1. The zero-order chi connectivity index (χ0) is 14.1. The Morgan fingerprint density at radius 3 is 2.95 bits per heavy atom. The Balaban J connectivity index is 1.69. The van der Waals surface area contributed by atoms with Gasteiger partial charge >= 0.3 is 0 Å². The molecule has 106 valence electrons. The number of piperidine rings is 2. The molecule has 2 aliphatic rings.